The fourth-order valence-corrected chi connectivity index (χ4v) is 13.5. The van der Waals surface area contributed by atoms with E-state index >= 15 is 0 Å². The molecule has 30 nitrogen and oxygen atoms in total. The number of nitrogens with two attached hydrogens (primary N) is 1. The molecule has 6 aromatic rings. The Morgan fingerprint density at radius 1 is 0.657 bits per heavy atom. The number of anilines is 4. The number of amides is 1. The van der Waals surface area contributed by atoms with Crippen LogP contribution in [0.4, 0.5) is 23.8 Å². The monoisotopic (exact) mass is 1470 g/mol. The molecule has 12 rings (SSSR count). The van der Waals surface area contributed by atoms with Gasteiger partial charge in [0.1, 0.15) is 58.0 Å². The van der Waals surface area contributed by atoms with E-state index in [2.05, 4.69) is 111 Å². The molecule has 6 aliphatic rings. The van der Waals surface area contributed by atoms with Crippen molar-refractivity contribution in [1.29, 1.82) is 21.0 Å². The molecule has 1 aliphatic carbocycles. The predicted octanol–water partition coefficient (Wildman–Crippen LogP) is 8.38. The minimum absolute atomic E-state index is 0.0837. The zero-order valence-corrected chi connectivity index (χ0v) is 59.4. The number of hydrogen-bond acceptors (Lipinski definition) is 31. The van der Waals surface area contributed by atoms with Gasteiger partial charge >= 0.3 is 11.9 Å². The SMILES string of the molecule is CC1=CSC(=C(C#N)c2ccnc(NC3CC3)n2)N1.CC1=CSC(=C(C#N)c2ccnc(NCCc3ccc(S(N)(=O)=O)cc3)n2)N1.CN1C(C(=O)O)=CSC1=C(C#N)c1ccnc(NCCc2cccnc2)n1.COC(=O)C1=CSC(=C(C#N)c2ccnc(NCCCN3CCCC3=O)n2)N1. The van der Waals surface area contributed by atoms with Crippen LogP contribution in [0.15, 0.2) is 167 Å². The summed E-state index contributed by atoms with van der Waals surface area (Å²) in [7, 11) is -0.778. The molecule has 1 amide bonds. The van der Waals surface area contributed by atoms with Crippen LogP contribution in [0.3, 0.4) is 0 Å². The van der Waals surface area contributed by atoms with Crippen molar-refractivity contribution in [2.24, 2.45) is 5.14 Å². The number of primary sulfonamides is 1. The van der Waals surface area contributed by atoms with Gasteiger partial charge in [0.15, 0.2) is 0 Å². The van der Waals surface area contributed by atoms with Crippen LogP contribution in [-0.2, 0) is 42.0 Å². The number of nitriles is 4. The maximum atomic E-state index is 11.6. The molecule has 0 atom stereocenters. The van der Waals surface area contributed by atoms with Gasteiger partial charge in [0, 0.05) is 112 Å². The number of rotatable bonds is 22. The number of aromatic nitrogens is 9. The summed E-state index contributed by atoms with van der Waals surface area (Å²) in [5.41, 5.74) is 8.16. The van der Waals surface area contributed by atoms with Crippen molar-refractivity contribution in [3.05, 3.63) is 196 Å². The number of nitrogens with zero attached hydrogens (tertiary/aromatic N) is 15. The lowest BCUT2D eigenvalue weighted by molar-refractivity contribution is -0.136. The maximum Gasteiger partial charge on any atom is 0.355 e. The first-order valence-corrected chi connectivity index (χ1v) is 36.4. The lowest BCUT2D eigenvalue weighted by Crippen LogP contribution is -2.27. The summed E-state index contributed by atoms with van der Waals surface area (Å²) in [6.07, 6.45) is 16.1. The molecule has 10 N–H and O–H groups in total. The molecule has 1 saturated carbocycles. The molecule has 0 radical (unpaired) electrons. The number of methoxy groups -OCH3 is 1. The Morgan fingerprint density at radius 3 is 1.61 bits per heavy atom. The van der Waals surface area contributed by atoms with Crippen LogP contribution in [0.1, 0.15) is 79.9 Å². The van der Waals surface area contributed by atoms with E-state index in [0.29, 0.717) is 124 Å². The second kappa shape index (κ2) is 36.7. The summed E-state index contributed by atoms with van der Waals surface area (Å²) in [6, 6.07) is 26.2. The Kier molecular flexibility index (Phi) is 26.9. The van der Waals surface area contributed by atoms with Crippen LogP contribution in [0.25, 0.3) is 22.3 Å². The number of aliphatic carboxylic acids is 1. The van der Waals surface area contributed by atoms with Gasteiger partial charge in [-0.1, -0.05) is 65.2 Å². The zero-order valence-electron chi connectivity index (χ0n) is 55.3. The van der Waals surface area contributed by atoms with Crippen LogP contribution in [-0.4, -0.2) is 139 Å². The van der Waals surface area contributed by atoms with Crippen molar-refractivity contribution < 1.29 is 32.6 Å². The van der Waals surface area contributed by atoms with E-state index in [9.17, 15) is 49.0 Å². The standard InChI is InChI=1S/C18H20N6O3S.C18H18N6O2S2.C18H16N6O2S.C13H13N5S/c1-27-17(26)14-11-28-16(22-14)12(10-19)13-5-7-21-18(23-13)20-6-3-9-24-8-2-4-15(24)25;1-12-11-27-17(23-12)15(10-19)16-7-9-22-18(24-16)21-8-6-13-2-4-14(5-3-13)28(20,25)26;1-24-15(17(25)26)11-27-16(24)13(9-19)14-5-8-22-18(23-14)21-7-4-12-3-2-6-20-10-12;1-8-7-19-12(16-8)10(6-14)11-4-5-15-13(18-11)17-9-2-3-9/h5,7,11,22H,2-4,6,8-9H2,1H3,(H,20,21,23);2-5,7,9,11,23H,6,8H2,1H3,(H2,20,25,26)(H,21,22,24);2-3,5-6,8,10-11H,4,7H2,1H3,(H,25,26)(H,21,22,23);4-5,7,9,16H,2-3H2,1H3,(H,15,17,18). The largest absolute Gasteiger partial charge is 0.477 e. The average molecular weight is 1470 g/mol. The van der Waals surface area contributed by atoms with Gasteiger partial charge in [-0.25, -0.2) is 63.0 Å². The number of pyridine rings is 1. The van der Waals surface area contributed by atoms with Crippen molar-refractivity contribution in [1.82, 2.24) is 70.6 Å². The quantitative estimate of drug-likeness (QED) is 0.0175. The highest BCUT2D eigenvalue weighted by Crippen LogP contribution is 2.39. The topological polar surface area (TPSA) is 443 Å². The number of nitrogens with one attached hydrogen (secondary N) is 7. The molecule has 5 aromatic heterocycles. The molecule has 0 unspecified atom stereocenters. The number of carboxylic acid groups (broad SMARTS) is 1. The van der Waals surface area contributed by atoms with Gasteiger partial charge in [0.05, 0.1) is 54.9 Å². The number of carbonyl (C=O) groups excluding carboxylic acids is 2. The van der Waals surface area contributed by atoms with Crippen LogP contribution in [0.5, 0.6) is 0 Å². The van der Waals surface area contributed by atoms with E-state index in [4.69, 9.17) is 5.14 Å². The lowest BCUT2D eigenvalue weighted by Gasteiger charge is -2.16. The van der Waals surface area contributed by atoms with Gasteiger partial charge < -0.3 is 56.9 Å². The number of hydrogen-bond donors (Lipinski definition) is 9. The third-order valence-electron chi connectivity index (χ3n) is 14.8. The number of esters is 1. The van der Waals surface area contributed by atoms with Gasteiger partial charge in [-0.05, 0) is 117 Å². The summed E-state index contributed by atoms with van der Waals surface area (Å²) in [5, 5.41) is 83.7. The Balaban J connectivity index is 0.000000160. The number of ether oxygens (including phenoxy) is 1. The fourth-order valence-electron chi connectivity index (χ4n) is 9.50. The summed E-state index contributed by atoms with van der Waals surface area (Å²) in [6.45, 7) is 7.22. The highest BCUT2D eigenvalue weighted by atomic mass is 32.2. The van der Waals surface area contributed by atoms with Crippen molar-refractivity contribution in [2.75, 3.05) is 68.1 Å². The summed E-state index contributed by atoms with van der Waals surface area (Å²) >= 11 is 5.38. The van der Waals surface area contributed by atoms with Crippen LogP contribution >= 0.6 is 47.0 Å². The number of benzene rings is 1. The molecule has 35 heteroatoms. The van der Waals surface area contributed by atoms with Crippen LogP contribution < -0.4 is 42.4 Å². The summed E-state index contributed by atoms with van der Waals surface area (Å²) < 4.78 is 27.2. The van der Waals surface area contributed by atoms with Crippen molar-refractivity contribution in [3.8, 4) is 24.3 Å². The molecule has 522 valence electrons. The molecule has 0 spiro atoms. The third kappa shape index (κ3) is 21.4. The second-order valence-electron chi connectivity index (χ2n) is 22.2. The first-order valence-electron chi connectivity index (χ1n) is 31.3. The van der Waals surface area contributed by atoms with E-state index in [1.165, 1.54) is 89.4 Å². The minimum atomic E-state index is -3.69. The van der Waals surface area contributed by atoms with Crippen molar-refractivity contribution in [2.45, 2.75) is 69.7 Å². The van der Waals surface area contributed by atoms with Crippen LogP contribution in [0.2, 0.25) is 0 Å². The van der Waals surface area contributed by atoms with E-state index in [1.807, 2.05) is 41.7 Å². The fraction of sp³-hybridized carbons (Fsp3) is 0.254. The molecule has 5 aliphatic heterocycles. The van der Waals surface area contributed by atoms with Gasteiger partial charge in [0.25, 0.3) is 0 Å². The molecule has 1 aromatic carbocycles. The minimum Gasteiger partial charge on any atom is -0.477 e. The number of allylic oxidation sites excluding steroid dienone is 6. The molecule has 0 bridgehead atoms. The van der Waals surface area contributed by atoms with E-state index < -0.39 is 22.0 Å². The maximum absolute atomic E-state index is 11.6. The number of likely N-dealkylation sites (tertiary alicyclic amines) is 1. The third-order valence-corrected chi connectivity index (χ3v) is 19.7. The Morgan fingerprint density at radius 2 is 1.16 bits per heavy atom. The number of carboxylic acids is 1. The Labute approximate surface area is 605 Å². The number of carbonyl (C=O) groups is 3. The van der Waals surface area contributed by atoms with Crippen LogP contribution in [0, 0.1) is 45.3 Å². The smallest absolute Gasteiger partial charge is 0.355 e. The first-order chi connectivity index (χ1) is 49.3. The molecular weight excluding hydrogens is 1400 g/mol. The number of thioether (sulfide) groups is 4. The first kappa shape index (κ1) is 74.9. The molecule has 1 saturated heterocycles. The van der Waals surface area contributed by atoms with Gasteiger partial charge in [-0.15, -0.1) is 0 Å². The van der Waals surface area contributed by atoms with Gasteiger partial charge in [0.2, 0.25) is 39.7 Å². The van der Waals surface area contributed by atoms with E-state index in [-0.39, 0.29) is 22.2 Å². The van der Waals surface area contributed by atoms with E-state index in [1.54, 1.807) is 86.0 Å². The van der Waals surface area contributed by atoms with Gasteiger partial charge in [-0.3, -0.25) is 9.78 Å². The zero-order chi connectivity index (χ0) is 72.5. The Bertz CT molecular complexity index is 4690. The van der Waals surface area contributed by atoms with Crippen molar-refractivity contribution >= 4 is 121 Å². The van der Waals surface area contributed by atoms with E-state index in [0.717, 1.165) is 58.4 Å². The summed E-state index contributed by atoms with van der Waals surface area (Å²) in [5.74, 6) is 0.495. The molecule has 2 fully saturated rings. The molecule has 102 heavy (non-hydrogen) atoms. The number of likely N-dealkylation sites (N-methyl/N-ethyl adjacent to an activating group) is 1. The highest BCUT2D eigenvalue weighted by molar-refractivity contribution is 8.07. The highest BCUT2D eigenvalue weighted by Gasteiger charge is 2.29. The average Bonchev–Trinajstić information content (AvgIpc) is 1.65. The normalized spacial score (nSPS) is 16.9. The second-order valence-corrected chi connectivity index (χ2v) is 27.3. The predicted molar refractivity (Wildman–Crippen MR) is 391 cm³/mol. The lowest BCUT2D eigenvalue weighted by atomic mass is 10.1. The molecule has 10 heterocycles. The van der Waals surface area contributed by atoms with Gasteiger partial charge in [-0.2, -0.15) is 21.0 Å². The summed E-state index contributed by atoms with van der Waals surface area (Å²) in [4.78, 5) is 76.3. The van der Waals surface area contributed by atoms with Crippen molar-refractivity contribution in [3.63, 3.8) is 0 Å². The Hall–Kier alpha value is -11.3. The number of sulfonamides is 1. The molecular formula is C67H67N23O7S5.